The van der Waals surface area contributed by atoms with Crippen LogP contribution >= 0.6 is 15.9 Å². The zero-order valence-corrected chi connectivity index (χ0v) is 15.0. The molecule has 0 aliphatic heterocycles. The highest BCUT2D eigenvalue weighted by molar-refractivity contribution is 9.09. The number of hydrogen-bond acceptors (Lipinski definition) is 3. The summed E-state index contributed by atoms with van der Waals surface area (Å²) in [5.41, 5.74) is 3.01. The molecule has 0 aromatic heterocycles. The van der Waals surface area contributed by atoms with Gasteiger partial charge in [0.1, 0.15) is 5.71 Å². The molecule has 3 nitrogen and oxygen atoms in total. The van der Waals surface area contributed by atoms with Gasteiger partial charge in [0.05, 0.1) is 10.4 Å². The molecule has 0 fully saturated rings. The normalized spacial score (nSPS) is 12.4. The van der Waals surface area contributed by atoms with Crippen LogP contribution in [0.1, 0.15) is 26.3 Å². The Balaban J connectivity index is 1.90. The molecule has 4 heteroatoms. The fourth-order valence-electron chi connectivity index (χ4n) is 2.35. The molecule has 0 heterocycles. The first kappa shape index (κ1) is 17.1. The summed E-state index contributed by atoms with van der Waals surface area (Å²) in [7, 11) is 0. The van der Waals surface area contributed by atoms with E-state index in [-0.39, 0.29) is 4.83 Å². The van der Waals surface area contributed by atoms with Crippen molar-refractivity contribution in [2.24, 2.45) is 5.16 Å². The van der Waals surface area contributed by atoms with Crippen LogP contribution in [0.5, 0.6) is 0 Å². The second-order valence-corrected chi connectivity index (χ2v) is 6.28. The van der Waals surface area contributed by atoms with Crippen molar-refractivity contribution in [3.63, 3.8) is 0 Å². The van der Waals surface area contributed by atoms with Crippen molar-refractivity contribution in [3.8, 4) is 0 Å². The minimum atomic E-state index is -0.484. The highest BCUT2D eigenvalue weighted by Crippen LogP contribution is 2.28. The van der Waals surface area contributed by atoms with E-state index < -0.39 is 5.97 Å². The maximum Gasteiger partial charge on any atom is 0.365 e. The van der Waals surface area contributed by atoms with Crippen LogP contribution in [-0.4, -0.2) is 11.7 Å². The molecular formula is C21H16BrNO2. The lowest BCUT2D eigenvalue weighted by Crippen LogP contribution is -2.11. The quantitative estimate of drug-likeness (QED) is 0.252. The smallest absolute Gasteiger partial charge is 0.312 e. The largest absolute Gasteiger partial charge is 0.365 e. The van der Waals surface area contributed by atoms with E-state index in [1.54, 1.807) is 24.3 Å². The molecule has 0 aliphatic rings. The maximum absolute atomic E-state index is 12.2. The molecule has 0 spiro atoms. The van der Waals surface area contributed by atoms with Gasteiger partial charge in [-0.2, -0.15) is 0 Å². The van der Waals surface area contributed by atoms with Gasteiger partial charge >= 0.3 is 5.97 Å². The molecule has 0 N–H and O–H groups in total. The molecule has 0 saturated heterocycles. The van der Waals surface area contributed by atoms with E-state index in [9.17, 15) is 4.79 Å². The predicted molar refractivity (Wildman–Crippen MR) is 103 cm³/mol. The van der Waals surface area contributed by atoms with Gasteiger partial charge in [0.15, 0.2) is 0 Å². The van der Waals surface area contributed by atoms with E-state index in [0.29, 0.717) is 11.3 Å². The fourth-order valence-corrected chi connectivity index (χ4v) is 3.00. The van der Waals surface area contributed by atoms with Gasteiger partial charge in [0.25, 0.3) is 0 Å². The lowest BCUT2D eigenvalue weighted by molar-refractivity contribution is 0.0516. The first-order chi connectivity index (χ1) is 12.3. The zero-order valence-electron chi connectivity index (χ0n) is 13.4. The number of rotatable bonds is 5. The van der Waals surface area contributed by atoms with Crippen molar-refractivity contribution < 1.29 is 9.63 Å². The lowest BCUT2D eigenvalue weighted by Gasteiger charge is -2.13. The highest BCUT2D eigenvalue weighted by Gasteiger charge is 2.18. The van der Waals surface area contributed by atoms with Crippen LogP contribution in [-0.2, 0) is 4.84 Å². The maximum atomic E-state index is 12.2. The summed E-state index contributed by atoms with van der Waals surface area (Å²) in [4.78, 5) is 17.2. The standard InChI is InChI=1S/C21H16BrNO2/c22-19(16-10-4-1-5-11-16)20(17-12-6-2-7-13-17)23-25-21(24)18-14-8-3-9-15-18/h1-15,19H. The summed E-state index contributed by atoms with van der Waals surface area (Å²) in [5.74, 6) is -0.484. The van der Waals surface area contributed by atoms with Gasteiger partial charge in [-0.1, -0.05) is 99.9 Å². The number of carbonyl (C=O) groups excluding carboxylic acids is 1. The molecule has 0 saturated carbocycles. The number of carbonyl (C=O) groups is 1. The Hall–Kier alpha value is -2.72. The molecule has 0 bridgehead atoms. The molecule has 3 aromatic carbocycles. The Labute approximate surface area is 155 Å². The van der Waals surface area contributed by atoms with Crippen molar-refractivity contribution in [1.29, 1.82) is 0 Å². The van der Waals surface area contributed by atoms with E-state index in [0.717, 1.165) is 11.1 Å². The number of alkyl halides is 1. The monoisotopic (exact) mass is 393 g/mol. The van der Waals surface area contributed by atoms with Crippen molar-refractivity contribution in [2.45, 2.75) is 4.83 Å². The van der Waals surface area contributed by atoms with Crippen LogP contribution in [0, 0.1) is 0 Å². The SMILES string of the molecule is O=C(ON=C(c1ccccc1)C(Br)c1ccccc1)c1ccccc1. The van der Waals surface area contributed by atoms with E-state index in [1.165, 1.54) is 0 Å². The zero-order chi connectivity index (χ0) is 17.5. The van der Waals surface area contributed by atoms with Crippen molar-refractivity contribution >= 4 is 27.6 Å². The molecular weight excluding hydrogens is 378 g/mol. The first-order valence-corrected chi connectivity index (χ1v) is 8.76. The van der Waals surface area contributed by atoms with Crippen molar-refractivity contribution in [1.82, 2.24) is 0 Å². The number of benzene rings is 3. The van der Waals surface area contributed by atoms with E-state index in [1.807, 2.05) is 66.7 Å². The van der Waals surface area contributed by atoms with Crippen LogP contribution in [0.2, 0.25) is 0 Å². The minimum Gasteiger partial charge on any atom is -0.312 e. The average molecular weight is 394 g/mol. The van der Waals surface area contributed by atoms with Gasteiger partial charge in [-0.3, -0.25) is 0 Å². The number of nitrogens with zero attached hydrogens (tertiary/aromatic N) is 1. The van der Waals surface area contributed by atoms with Crippen LogP contribution in [0.25, 0.3) is 0 Å². The van der Waals surface area contributed by atoms with E-state index in [2.05, 4.69) is 21.1 Å². The Morgan fingerprint density at radius 2 is 1.24 bits per heavy atom. The van der Waals surface area contributed by atoms with Crippen LogP contribution in [0.4, 0.5) is 0 Å². The molecule has 1 unspecified atom stereocenters. The lowest BCUT2D eigenvalue weighted by atomic mass is 10.0. The Morgan fingerprint density at radius 3 is 1.80 bits per heavy atom. The van der Waals surface area contributed by atoms with Crippen LogP contribution < -0.4 is 0 Å². The van der Waals surface area contributed by atoms with Gasteiger partial charge in [0, 0.05) is 5.56 Å². The third kappa shape index (κ3) is 4.43. The third-order valence-electron chi connectivity index (χ3n) is 3.64. The third-order valence-corrected chi connectivity index (χ3v) is 4.60. The minimum absolute atomic E-state index is 0.195. The van der Waals surface area contributed by atoms with Gasteiger partial charge in [0.2, 0.25) is 0 Å². The summed E-state index contributed by atoms with van der Waals surface area (Å²) in [6.45, 7) is 0. The summed E-state index contributed by atoms with van der Waals surface area (Å²) in [5, 5.41) is 4.17. The second kappa shape index (κ2) is 8.40. The average Bonchev–Trinajstić information content (AvgIpc) is 2.70. The Bertz CT molecular complexity index is 849. The highest BCUT2D eigenvalue weighted by atomic mass is 79.9. The van der Waals surface area contributed by atoms with E-state index >= 15 is 0 Å². The van der Waals surface area contributed by atoms with Gasteiger partial charge in [-0.15, -0.1) is 0 Å². The Kier molecular flexibility index (Phi) is 5.75. The topological polar surface area (TPSA) is 38.7 Å². The molecule has 0 radical (unpaired) electrons. The number of hydrogen-bond donors (Lipinski definition) is 0. The van der Waals surface area contributed by atoms with Gasteiger partial charge < -0.3 is 4.84 Å². The van der Waals surface area contributed by atoms with Gasteiger partial charge in [-0.05, 0) is 17.7 Å². The summed E-state index contributed by atoms with van der Waals surface area (Å²) >= 11 is 3.67. The Morgan fingerprint density at radius 1 is 0.760 bits per heavy atom. The van der Waals surface area contributed by atoms with Crippen molar-refractivity contribution in [3.05, 3.63) is 108 Å². The summed E-state index contributed by atoms with van der Waals surface area (Å²) in [6.07, 6.45) is 0. The summed E-state index contributed by atoms with van der Waals surface area (Å²) < 4.78 is 0. The fraction of sp³-hybridized carbons (Fsp3) is 0.0476. The molecule has 1 atom stereocenters. The first-order valence-electron chi connectivity index (χ1n) is 7.84. The summed E-state index contributed by atoms with van der Waals surface area (Å²) in [6, 6.07) is 28.3. The van der Waals surface area contributed by atoms with Crippen molar-refractivity contribution in [2.75, 3.05) is 0 Å². The predicted octanol–water partition coefficient (Wildman–Crippen LogP) is 5.38. The second-order valence-electron chi connectivity index (χ2n) is 5.36. The molecule has 124 valence electrons. The molecule has 3 rings (SSSR count). The molecule has 3 aromatic rings. The van der Waals surface area contributed by atoms with E-state index in [4.69, 9.17) is 4.84 Å². The van der Waals surface area contributed by atoms with Crippen LogP contribution in [0.15, 0.2) is 96.2 Å². The molecule has 0 aliphatic carbocycles. The van der Waals surface area contributed by atoms with Gasteiger partial charge in [-0.25, -0.2) is 4.79 Å². The number of oxime groups is 1. The number of halogens is 1. The molecule has 0 amide bonds. The van der Waals surface area contributed by atoms with Crippen LogP contribution in [0.3, 0.4) is 0 Å². The molecule has 25 heavy (non-hydrogen) atoms.